The molecule has 0 saturated carbocycles. The highest BCUT2D eigenvalue weighted by atomic mass is 35.5. The molecule has 0 fully saturated rings. The highest BCUT2D eigenvalue weighted by Gasteiger charge is 2.25. The predicted octanol–water partition coefficient (Wildman–Crippen LogP) is 5.62. The molecular formula is C27H22ClNO6. The van der Waals surface area contributed by atoms with Crippen LogP contribution >= 0.6 is 11.6 Å². The van der Waals surface area contributed by atoms with Crippen LogP contribution < -0.4 is 14.2 Å². The summed E-state index contributed by atoms with van der Waals surface area (Å²) in [5.74, 6) is 0.301. The number of ether oxygens (including phenoxy) is 4. The van der Waals surface area contributed by atoms with Crippen molar-refractivity contribution in [1.82, 2.24) is 0 Å². The zero-order valence-electron chi connectivity index (χ0n) is 19.3. The van der Waals surface area contributed by atoms with Crippen molar-refractivity contribution in [2.45, 2.75) is 13.8 Å². The van der Waals surface area contributed by atoms with Gasteiger partial charge in [-0.2, -0.15) is 0 Å². The average Bonchev–Trinajstić information content (AvgIpc) is 3.22. The van der Waals surface area contributed by atoms with Crippen molar-refractivity contribution in [3.05, 3.63) is 93.6 Å². The summed E-state index contributed by atoms with van der Waals surface area (Å²) in [5.41, 5.74) is 2.63. The van der Waals surface area contributed by atoms with E-state index in [1.165, 1.54) is 0 Å². The Hall–Kier alpha value is -4.10. The number of rotatable bonds is 7. The van der Waals surface area contributed by atoms with E-state index in [9.17, 15) is 9.59 Å². The molecule has 1 aliphatic heterocycles. The Balaban J connectivity index is 1.58. The second-order valence-electron chi connectivity index (χ2n) is 7.56. The Morgan fingerprint density at radius 2 is 1.83 bits per heavy atom. The van der Waals surface area contributed by atoms with E-state index in [0.717, 1.165) is 5.56 Å². The minimum atomic E-state index is -0.579. The van der Waals surface area contributed by atoms with Gasteiger partial charge in [0.25, 0.3) is 0 Å². The molecule has 35 heavy (non-hydrogen) atoms. The van der Waals surface area contributed by atoms with Crippen LogP contribution in [0.5, 0.6) is 17.2 Å². The van der Waals surface area contributed by atoms with Gasteiger partial charge in [0, 0.05) is 10.6 Å². The fourth-order valence-electron chi connectivity index (χ4n) is 3.27. The molecule has 0 atom stereocenters. The van der Waals surface area contributed by atoms with E-state index >= 15 is 0 Å². The lowest BCUT2D eigenvalue weighted by Gasteiger charge is -2.11. The van der Waals surface area contributed by atoms with Crippen molar-refractivity contribution in [3.8, 4) is 17.2 Å². The van der Waals surface area contributed by atoms with Gasteiger partial charge in [-0.25, -0.2) is 14.6 Å². The third-order valence-electron chi connectivity index (χ3n) is 5.14. The van der Waals surface area contributed by atoms with Crippen LogP contribution in [0, 0.1) is 6.92 Å². The van der Waals surface area contributed by atoms with Gasteiger partial charge in [-0.05, 0) is 79.6 Å². The summed E-state index contributed by atoms with van der Waals surface area (Å²) in [5, 5.41) is 0.555. The lowest BCUT2D eigenvalue weighted by molar-refractivity contribution is -0.129. The smallest absolute Gasteiger partial charge is 0.363 e. The third kappa shape index (κ3) is 5.53. The molecule has 3 aromatic rings. The normalized spacial score (nSPS) is 13.9. The first-order chi connectivity index (χ1) is 16.9. The van der Waals surface area contributed by atoms with Crippen LogP contribution in [0.15, 0.2) is 71.4 Å². The Bertz CT molecular complexity index is 1340. The number of nitrogens with zero attached hydrogens (tertiary/aromatic N) is 1. The zero-order valence-corrected chi connectivity index (χ0v) is 20.1. The summed E-state index contributed by atoms with van der Waals surface area (Å²) in [6, 6.07) is 16.8. The summed E-state index contributed by atoms with van der Waals surface area (Å²) in [6.07, 6.45) is 1.57. The SMILES string of the molecule is CCOc1cc(/C=C2\N=C(c3ccc(C)c(Cl)c3)OC2=O)ccc1OC(=O)c1ccc(OC)cc1. The number of esters is 2. The molecular weight excluding hydrogens is 470 g/mol. The zero-order chi connectivity index (χ0) is 24.9. The van der Waals surface area contributed by atoms with E-state index < -0.39 is 11.9 Å². The first-order valence-corrected chi connectivity index (χ1v) is 11.2. The predicted molar refractivity (Wildman–Crippen MR) is 132 cm³/mol. The highest BCUT2D eigenvalue weighted by Crippen LogP contribution is 2.31. The van der Waals surface area contributed by atoms with Crippen LogP contribution in [0.3, 0.4) is 0 Å². The third-order valence-corrected chi connectivity index (χ3v) is 5.55. The maximum Gasteiger partial charge on any atom is 0.363 e. The maximum atomic E-state index is 12.6. The van der Waals surface area contributed by atoms with Gasteiger partial charge in [-0.1, -0.05) is 23.7 Å². The van der Waals surface area contributed by atoms with E-state index in [2.05, 4.69) is 4.99 Å². The van der Waals surface area contributed by atoms with E-state index in [0.29, 0.717) is 39.8 Å². The van der Waals surface area contributed by atoms with Gasteiger partial charge in [0.2, 0.25) is 5.90 Å². The van der Waals surface area contributed by atoms with Gasteiger partial charge < -0.3 is 18.9 Å². The maximum absolute atomic E-state index is 12.6. The van der Waals surface area contributed by atoms with Gasteiger partial charge in [-0.3, -0.25) is 0 Å². The van der Waals surface area contributed by atoms with Gasteiger partial charge >= 0.3 is 11.9 Å². The number of hydrogen-bond donors (Lipinski definition) is 0. The van der Waals surface area contributed by atoms with Crippen LogP contribution in [0.1, 0.15) is 34.0 Å². The summed E-state index contributed by atoms with van der Waals surface area (Å²) >= 11 is 6.18. The van der Waals surface area contributed by atoms with Gasteiger partial charge in [-0.15, -0.1) is 0 Å². The minimum absolute atomic E-state index is 0.127. The van der Waals surface area contributed by atoms with Crippen molar-refractivity contribution in [2.24, 2.45) is 4.99 Å². The highest BCUT2D eigenvalue weighted by molar-refractivity contribution is 6.31. The number of hydrogen-bond acceptors (Lipinski definition) is 7. The topological polar surface area (TPSA) is 83.4 Å². The van der Waals surface area contributed by atoms with Crippen molar-refractivity contribution in [3.63, 3.8) is 0 Å². The number of methoxy groups -OCH3 is 1. The lowest BCUT2D eigenvalue weighted by Crippen LogP contribution is -2.09. The molecule has 0 unspecified atom stereocenters. The van der Waals surface area contributed by atoms with Crippen LogP contribution in [0.25, 0.3) is 6.08 Å². The molecule has 1 aliphatic rings. The fraction of sp³-hybridized carbons (Fsp3) is 0.148. The van der Waals surface area contributed by atoms with Crippen LogP contribution in [0.2, 0.25) is 5.02 Å². The number of carbonyl (C=O) groups excluding carboxylic acids is 2. The standard InChI is InChI=1S/C27H22ClNO6/c1-4-33-24-14-17(6-12-23(24)34-26(30)18-8-10-20(32-3)11-9-18)13-22-27(31)35-25(29-22)19-7-5-16(2)21(28)15-19/h5-15H,4H2,1-3H3/b22-13-. The van der Waals surface area contributed by atoms with Crippen LogP contribution in [-0.4, -0.2) is 31.6 Å². The second-order valence-corrected chi connectivity index (χ2v) is 7.96. The van der Waals surface area contributed by atoms with E-state index in [1.54, 1.807) is 67.8 Å². The summed E-state index contributed by atoms with van der Waals surface area (Å²) in [4.78, 5) is 29.3. The molecule has 0 bridgehead atoms. The minimum Gasteiger partial charge on any atom is -0.497 e. The molecule has 0 N–H and O–H groups in total. The largest absolute Gasteiger partial charge is 0.497 e. The summed E-state index contributed by atoms with van der Waals surface area (Å²) in [6.45, 7) is 4.05. The molecule has 4 rings (SSSR count). The molecule has 0 saturated heterocycles. The van der Waals surface area contributed by atoms with E-state index in [4.69, 9.17) is 30.5 Å². The van der Waals surface area contributed by atoms with Crippen molar-refractivity contribution < 1.29 is 28.5 Å². The van der Waals surface area contributed by atoms with Crippen LogP contribution in [0.4, 0.5) is 0 Å². The molecule has 0 amide bonds. The molecule has 1 heterocycles. The number of cyclic esters (lactones) is 1. The summed E-state index contributed by atoms with van der Waals surface area (Å²) in [7, 11) is 1.55. The van der Waals surface area contributed by atoms with Gasteiger partial charge in [0.1, 0.15) is 5.75 Å². The molecule has 0 aromatic heterocycles. The van der Waals surface area contributed by atoms with Crippen LogP contribution in [-0.2, 0) is 9.53 Å². The van der Waals surface area contributed by atoms with Gasteiger partial charge in [0.15, 0.2) is 17.2 Å². The average molecular weight is 492 g/mol. The Kier molecular flexibility index (Phi) is 7.17. The fourth-order valence-corrected chi connectivity index (χ4v) is 3.45. The molecule has 0 spiro atoms. The molecule has 7 nitrogen and oxygen atoms in total. The lowest BCUT2D eigenvalue weighted by atomic mass is 10.1. The number of halogens is 1. The number of carbonyl (C=O) groups is 2. The second kappa shape index (κ2) is 10.4. The van der Waals surface area contributed by atoms with E-state index in [1.807, 2.05) is 19.9 Å². The molecule has 8 heteroatoms. The first kappa shape index (κ1) is 24.0. The molecule has 0 radical (unpaired) electrons. The Morgan fingerprint density at radius 1 is 1.06 bits per heavy atom. The first-order valence-electron chi connectivity index (χ1n) is 10.8. The van der Waals surface area contributed by atoms with E-state index in [-0.39, 0.29) is 17.3 Å². The molecule has 0 aliphatic carbocycles. The molecule has 3 aromatic carbocycles. The van der Waals surface area contributed by atoms with Gasteiger partial charge in [0.05, 0.1) is 19.3 Å². The number of aryl methyl sites for hydroxylation is 1. The number of aliphatic imine (C=N–C) groups is 1. The summed E-state index contributed by atoms with van der Waals surface area (Å²) < 4.78 is 21.6. The monoisotopic (exact) mass is 491 g/mol. The van der Waals surface area contributed by atoms with Crippen molar-refractivity contribution in [1.29, 1.82) is 0 Å². The van der Waals surface area contributed by atoms with Crippen molar-refractivity contribution >= 4 is 35.5 Å². The Labute approximate surface area is 207 Å². The van der Waals surface area contributed by atoms with Crippen molar-refractivity contribution in [2.75, 3.05) is 13.7 Å². The quantitative estimate of drug-likeness (QED) is 0.242. The molecule has 178 valence electrons. The number of benzene rings is 3. The Morgan fingerprint density at radius 3 is 2.51 bits per heavy atom.